The number of H-pyrrole nitrogens is 1. The summed E-state index contributed by atoms with van der Waals surface area (Å²) >= 11 is 0. The molecule has 4 aromatic rings. The molecular weight excluding hydrogens is 508 g/mol. The average molecular weight is 535 g/mol. The lowest BCUT2D eigenvalue weighted by Crippen LogP contribution is -2.56. The fourth-order valence-corrected chi connectivity index (χ4v) is 4.81. The molecule has 0 unspecified atom stereocenters. The van der Waals surface area contributed by atoms with Gasteiger partial charge in [0, 0.05) is 48.5 Å². The minimum Gasteiger partial charge on any atom is -0.359 e. The van der Waals surface area contributed by atoms with Crippen LogP contribution in [-0.2, 0) is 4.79 Å². The SMILES string of the molecule is C[C@@H]1CN(C(=O)c2ccccc2)CCN1C(=O)C(=O)c1c[nH]c2c(NC(=O)Nc3ccc(C#N)cc3)cccc12. The summed E-state index contributed by atoms with van der Waals surface area (Å²) in [6, 6.07) is 21.6. The van der Waals surface area contributed by atoms with E-state index in [2.05, 4.69) is 15.6 Å². The van der Waals surface area contributed by atoms with Crippen LogP contribution in [0.4, 0.5) is 16.2 Å². The smallest absolute Gasteiger partial charge is 0.323 e. The van der Waals surface area contributed by atoms with Crippen molar-refractivity contribution >= 4 is 45.9 Å². The van der Waals surface area contributed by atoms with Crippen LogP contribution in [0.25, 0.3) is 10.9 Å². The van der Waals surface area contributed by atoms with Crippen molar-refractivity contribution in [2.45, 2.75) is 13.0 Å². The summed E-state index contributed by atoms with van der Waals surface area (Å²) in [5, 5.41) is 14.9. The van der Waals surface area contributed by atoms with Crippen LogP contribution in [0.3, 0.4) is 0 Å². The number of piperazine rings is 1. The molecule has 0 saturated carbocycles. The van der Waals surface area contributed by atoms with Crippen LogP contribution in [0.5, 0.6) is 0 Å². The molecule has 1 aliphatic rings. The minimum atomic E-state index is -0.667. The van der Waals surface area contributed by atoms with Crippen molar-refractivity contribution in [2.75, 3.05) is 30.3 Å². The number of hydrogen-bond acceptors (Lipinski definition) is 5. The number of benzene rings is 3. The van der Waals surface area contributed by atoms with Gasteiger partial charge in [0.25, 0.3) is 17.6 Å². The molecular formula is C30H26N6O4. The number of Topliss-reactive ketones (excluding diaryl/α,β-unsaturated/α-hetero) is 1. The monoisotopic (exact) mass is 534 g/mol. The molecule has 1 aromatic heterocycles. The van der Waals surface area contributed by atoms with Crippen molar-refractivity contribution in [3.05, 3.63) is 95.7 Å². The molecule has 3 aromatic carbocycles. The van der Waals surface area contributed by atoms with Crippen LogP contribution in [0.15, 0.2) is 79.0 Å². The van der Waals surface area contributed by atoms with E-state index in [-0.39, 0.29) is 24.1 Å². The first-order valence-corrected chi connectivity index (χ1v) is 12.7. The second-order valence-electron chi connectivity index (χ2n) is 9.49. The Kier molecular flexibility index (Phi) is 7.29. The molecule has 0 bridgehead atoms. The van der Waals surface area contributed by atoms with Gasteiger partial charge in [-0.1, -0.05) is 30.3 Å². The zero-order valence-corrected chi connectivity index (χ0v) is 21.7. The lowest BCUT2D eigenvalue weighted by molar-refractivity contribution is -0.130. The minimum absolute atomic E-state index is 0.106. The second kappa shape index (κ2) is 11.1. The molecule has 10 nitrogen and oxygen atoms in total. The molecule has 1 saturated heterocycles. The van der Waals surface area contributed by atoms with Crippen LogP contribution in [0.1, 0.15) is 33.2 Å². The third-order valence-electron chi connectivity index (χ3n) is 6.87. The maximum atomic E-state index is 13.3. The van der Waals surface area contributed by atoms with Crippen LogP contribution in [0, 0.1) is 11.3 Å². The quantitative estimate of drug-likeness (QED) is 0.260. The van der Waals surface area contributed by atoms with Crippen molar-refractivity contribution in [1.29, 1.82) is 5.26 Å². The van der Waals surface area contributed by atoms with Crippen LogP contribution >= 0.6 is 0 Å². The molecule has 4 amide bonds. The molecule has 0 aliphatic carbocycles. The third kappa shape index (κ3) is 5.26. The van der Waals surface area contributed by atoms with E-state index in [0.29, 0.717) is 46.5 Å². The number of rotatable bonds is 5. The van der Waals surface area contributed by atoms with Gasteiger partial charge in [-0.15, -0.1) is 0 Å². The number of aromatic amines is 1. The van der Waals surface area contributed by atoms with Gasteiger partial charge in [-0.2, -0.15) is 5.26 Å². The molecule has 40 heavy (non-hydrogen) atoms. The van der Waals surface area contributed by atoms with E-state index < -0.39 is 17.7 Å². The van der Waals surface area contributed by atoms with Crippen molar-refractivity contribution in [3.63, 3.8) is 0 Å². The van der Waals surface area contributed by atoms with Gasteiger partial charge in [-0.3, -0.25) is 14.4 Å². The highest BCUT2D eigenvalue weighted by Crippen LogP contribution is 2.27. The van der Waals surface area contributed by atoms with E-state index in [4.69, 9.17) is 5.26 Å². The number of amides is 4. The number of ketones is 1. The van der Waals surface area contributed by atoms with Gasteiger partial charge >= 0.3 is 6.03 Å². The number of hydrogen-bond donors (Lipinski definition) is 3. The predicted octanol–water partition coefficient (Wildman–Crippen LogP) is 4.24. The number of nitrogens with zero attached hydrogens (tertiary/aromatic N) is 3. The number of anilines is 2. The Bertz CT molecular complexity index is 1640. The van der Waals surface area contributed by atoms with Crippen LogP contribution < -0.4 is 10.6 Å². The number of urea groups is 1. The fraction of sp³-hybridized carbons (Fsp3) is 0.167. The molecule has 200 valence electrons. The molecule has 0 spiro atoms. The zero-order valence-electron chi connectivity index (χ0n) is 21.7. The molecule has 1 aliphatic heterocycles. The molecule has 10 heteroatoms. The van der Waals surface area contributed by atoms with Crippen LogP contribution in [-0.4, -0.2) is 64.1 Å². The van der Waals surface area contributed by atoms with Crippen molar-refractivity contribution in [2.24, 2.45) is 0 Å². The van der Waals surface area contributed by atoms with Gasteiger partial charge < -0.3 is 25.4 Å². The Labute approximate surface area is 230 Å². The maximum absolute atomic E-state index is 13.3. The lowest BCUT2D eigenvalue weighted by Gasteiger charge is -2.39. The van der Waals surface area contributed by atoms with E-state index >= 15 is 0 Å². The largest absolute Gasteiger partial charge is 0.359 e. The van der Waals surface area contributed by atoms with Gasteiger partial charge in [0.2, 0.25) is 0 Å². The highest BCUT2D eigenvalue weighted by Gasteiger charge is 2.34. The maximum Gasteiger partial charge on any atom is 0.323 e. The number of fused-ring (bicyclic) bond motifs is 1. The number of para-hydroxylation sites is 1. The van der Waals surface area contributed by atoms with E-state index in [1.54, 1.807) is 71.6 Å². The highest BCUT2D eigenvalue weighted by atomic mass is 16.2. The normalized spacial score (nSPS) is 14.8. The topological polar surface area (TPSA) is 138 Å². The first-order chi connectivity index (χ1) is 19.4. The Morgan fingerprint density at radius 1 is 0.925 bits per heavy atom. The Balaban J connectivity index is 1.27. The summed E-state index contributed by atoms with van der Waals surface area (Å²) < 4.78 is 0. The summed E-state index contributed by atoms with van der Waals surface area (Å²) in [5.41, 5.74) is 2.70. The number of nitriles is 1. The summed E-state index contributed by atoms with van der Waals surface area (Å²) in [7, 11) is 0. The molecule has 0 radical (unpaired) electrons. The number of carbonyl (C=O) groups is 4. The van der Waals surface area contributed by atoms with E-state index in [9.17, 15) is 19.2 Å². The second-order valence-corrected chi connectivity index (χ2v) is 9.49. The molecule has 1 fully saturated rings. The van der Waals surface area contributed by atoms with Gasteiger partial charge in [0.1, 0.15) is 0 Å². The standard InChI is InChI=1S/C30H26N6O4/c1-19-18-35(28(38)21-6-3-2-4-7-21)14-15-36(19)29(39)27(37)24-17-32-26-23(24)8-5-9-25(26)34-30(40)33-22-12-10-20(16-31)11-13-22/h2-13,17,19,32H,14-15,18H2,1H3,(H2,33,34,40)/t19-/m1/s1. The van der Waals surface area contributed by atoms with E-state index in [0.717, 1.165) is 0 Å². The van der Waals surface area contributed by atoms with E-state index in [1.807, 2.05) is 19.1 Å². The Morgan fingerprint density at radius 3 is 2.38 bits per heavy atom. The molecule has 3 N–H and O–H groups in total. The summed E-state index contributed by atoms with van der Waals surface area (Å²) in [5.74, 6) is -1.41. The first-order valence-electron chi connectivity index (χ1n) is 12.7. The van der Waals surface area contributed by atoms with Gasteiger partial charge in [-0.05, 0) is 49.4 Å². The molecule has 2 heterocycles. The Hall–Kier alpha value is -5.43. The number of aromatic nitrogens is 1. The lowest BCUT2D eigenvalue weighted by atomic mass is 10.1. The van der Waals surface area contributed by atoms with Gasteiger partial charge in [0.15, 0.2) is 0 Å². The third-order valence-corrected chi connectivity index (χ3v) is 6.87. The highest BCUT2D eigenvalue weighted by molar-refractivity contribution is 6.45. The van der Waals surface area contributed by atoms with E-state index in [1.165, 1.54) is 11.1 Å². The van der Waals surface area contributed by atoms with Gasteiger partial charge in [-0.25, -0.2) is 4.79 Å². The molecule has 1 atom stereocenters. The first kappa shape index (κ1) is 26.2. The van der Waals surface area contributed by atoms with Crippen molar-refractivity contribution in [1.82, 2.24) is 14.8 Å². The number of nitrogens with one attached hydrogen (secondary N) is 3. The molecule has 5 rings (SSSR count). The summed E-state index contributed by atoms with van der Waals surface area (Å²) in [6.07, 6.45) is 1.47. The number of carbonyl (C=O) groups excluding carboxylic acids is 4. The van der Waals surface area contributed by atoms with Crippen molar-refractivity contribution < 1.29 is 19.2 Å². The fourth-order valence-electron chi connectivity index (χ4n) is 4.81. The van der Waals surface area contributed by atoms with Gasteiger partial charge in [0.05, 0.1) is 28.4 Å². The Morgan fingerprint density at radius 2 is 1.68 bits per heavy atom. The zero-order chi connectivity index (χ0) is 28.2. The predicted molar refractivity (Wildman–Crippen MR) is 150 cm³/mol. The summed E-state index contributed by atoms with van der Waals surface area (Å²) in [4.78, 5) is 58.2. The van der Waals surface area contributed by atoms with Crippen molar-refractivity contribution in [3.8, 4) is 6.07 Å². The average Bonchev–Trinajstić information content (AvgIpc) is 3.42. The van der Waals surface area contributed by atoms with Crippen LogP contribution in [0.2, 0.25) is 0 Å². The summed E-state index contributed by atoms with van der Waals surface area (Å²) in [6.45, 7) is 2.71.